The SMILES string of the molecule is O=C(NCCOc1ccc(Cl)cc1)c1cc(Cl)cc2cccnc12. The first-order valence-electron chi connectivity index (χ1n) is 7.34. The van der Waals surface area contributed by atoms with Crippen LogP contribution < -0.4 is 10.1 Å². The van der Waals surface area contributed by atoms with E-state index in [1.165, 1.54) is 0 Å². The van der Waals surface area contributed by atoms with Crippen molar-refractivity contribution >= 4 is 40.0 Å². The van der Waals surface area contributed by atoms with Gasteiger partial charge < -0.3 is 10.1 Å². The molecule has 1 aromatic heterocycles. The molecule has 0 fully saturated rings. The minimum absolute atomic E-state index is 0.235. The van der Waals surface area contributed by atoms with Crippen LogP contribution in [0, 0.1) is 0 Å². The van der Waals surface area contributed by atoms with Gasteiger partial charge in [0.05, 0.1) is 17.6 Å². The van der Waals surface area contributed by atoms with E-state index in [-0.39, 0.29) is 5.91 Å². The second-order valence-electron chi connectivity index (χ2n) is 5.09. The van der Waals surface area contributed by atoms with Gasteiger partial charge in [0.1, 0.15) is 12.4 Å². The Hall–Kier alpha value is -2.30. The Labute approximate surface area is 149 Å². The topological polar surface area (TPSA) is 51.2 Å². The molecular weight excluding hydrogens is 347 g/mol. The van der Waals surface area contributed by atoms with E-state index in [2.05, 4.69) is 10.3 Å². The van der Waals surface area contributed by atoms with Crippen molar-refractivity contribution in [1.82, 2.24) is 10.3 Å². The average molecular weight is 361 g/mol. The van der Waals surface area contributed by atoms with Crippen molar-refractivity contribution in [1.29, 1.82) is 0 Å². The molecule has 6 heteroatoms. The summed E-state index contributed by atoms with van der Waals surface area (Å²) in [5, 5.41) is 4.79. The normalized spacial score (nSPS) is 10.6. The molecule has 0 saturated heterocycles. The van der Waals surface area contributed by atoms with Gasteiger partial charge in [-0.3, -0.25) is 9.78 Å². The zero-order valence-electron chi connectivity index (χ0n) is 12.6. The fourth-order valence-corrected chi connectivity index (χ4v) is 2.64. The maximum absolute atomic E-state index is 12.4. The highest BCUT2D eigenvalue weighted by Gasteiger charge is 2.12. The molecule has 0 saturated carbocycles. The number of pyridine rings is 1. The van der Waals surface area contributed by atoms with Gasteiger partial charge in [0.2, 0.25) is 0 Å². The Morgan fingerprint density at radius 2 is 1.88 bits per heavy atom. The summed E-state index contributed by atoms with van der Waals surface area (Å²) in [6.45, 7) is 0.710. The molecular formula is C18H14Cl2N2O2. The van der Waals surface area contributed by atoms with Gasteiger partial charge in [0.15, 0.2) is 0 Å². The Kier molecular flexibility index (Phi) is 5.18. The first kappa shape index (κ1) is 16.6. The van der Waals surface area contributed by atoms with Crippen LogP contribution >= 0.6 is 23.2 Å². The van der Waals surface area contributed by atoms with Crippen molar-refractivity contribution in [2.75, 3.05) is 13.2 Å². The summed E-state index contributed by atoms with van der Waals surface area (Å²) in [5.74, 6) is 0.462. The van der Waals surface area contributed by atoms with Gasteiger partial charge in [0.25, 0.3) is 5.91 Å². The predicted molar refractivity (Wildman–Crippen MR) is 96.0 cm³/mol. The van der Waals surface area contributed by atoms with Crippen LogP contribution in [-0.4, -0.2) is 24.0 Å². The number of amides is 1. The van der Waals surface area contributed by atoms with E-state index < -0.39 is 0 Å². The number of nitrogens with one attached hydrogen (secondary N) is 1. The van der Waals surface area contributed by atoms with E-state index >= 15 is 0 Å². The molecule has 2 aromatic carbocycles. The Morgan fingerprint density at radius 3 is 2.67 bits per heavy atom. The third-order valence-electron chi connectivity index (χ3n) is 3.38. The number of fused-ring (bicyclic) bond motifs is 1. The lowest BCUT2D eigenvalue weighted by molar-refractivity contribution is 0.0948. The van der Waals surface area contributed by atoms with Gasteiger partial charge in [-0.1, -0.05) is 29.3 Å². The molecule has 3 aromatic rings. The third-order valence-corrected chi connectivity index (χ3v) is 3.85. The molecule has 0 aliphatic heterocycles. The van der Waals surface area contributed by atoms with Gasteiger partial charge in [0, 0.05) is 21.6 Å². The van der Waals surface area contributed by atoms with E-state index in [4.69, 9.17) is 27.9 Å². The number of aromatic nitrogens is 1. The monoisotopic (exact) mass is 360 g/mol. The molecule has 3 rings (SSSR count). The molecule has 0 spiro atoms. The van der Waals surface area contributed by atoms with Crippen LogP contribution in [0.5, 0.6) is 5.75 Å². The molecule has 0 bridgehead atoms. The number of ether oxygens (including phenoxy) is 1. The first-order chi connectivity index (χ1) is 11.6. The lowest BCUT2D eigenvalue weighted by Gasteiger charge is -2.09. The van der Waals surface area contributed by atoms with Crippen LogP contribution in [0.4, 0.5) is 0 Å². The van der Waals surface area contributed by atoms with Crippen LogP contribution in [-0.2, 0) is 0 Å². The fraction of sp³-hybridized carbons (Fsp3) is 0.111. The third kappa shape index (κ3) is 3.96. The lowest BCUT2D eigenvalue weighted by atomic mass is 10.1. The second-order valence-corrected chi connectivity index (χ2v) is 5.96. The van der Waals surface area contributed by atoms with Crippen molar-refractivity contribution < 1.29 is 9.53 Å². The summed E-state index contributed by atoms with van der Waals surface area (Å²) in [7, 11) is 0. The van der Waals surface area contributed by atoms with Crippen LogP contribution in [0.25, 0.3) is 10.9 Å². The molecule has 0 atom stereocenters. The van der Waals surface area contributed by atoms with Crippen molar-refractivity contribution in [2.45, 2.75) is 0 Å². The highest BCUT2D eigenvalue weighted by atomic mass is 35.5. The van der Waals surface area contributed by atoms with Gasteiger partial charge in [-0.2, -0.15) is 0 Å². The van der Waals surface area contributed by atoms with Crippen LogP contribution in [0.3, 0.4) is 0 Å². The molecule has 1 amide bonds. The van der Waals surface area contributed by atoms with Crippen LogP contribution in [0.2, 0.25) is 10.0 Å². The smallest absolute Gasteiger partial charge is 0.253 e. The molecule has 122 valence electrons. The highest BCUT2D eigenvalue weighted by Crippen LogP contribution is 2.22. The molecule has 0 radical (unpaired) electrons. The number of rotatable bonds is 5. The zero-order valence-corrected chi connectivity index (χ0v) is 14.1. The summed E-state index contributed by atoms with van der Waals surface area (Å²) >= 11 is 11.9. The largest absolute Gasteiger partial charge is 0.492 e. The van der Waals surface area contributed by atoms with E-state index in [1.807, 2.05) is 6.07 Å². The number of hydrogen-bond acceptors (Lipinski definition) is 3. The number of hydrogen-bond donors (Lipinski definition) is 1. The lowest BCUT2D eigenvalue weighted by Crippen LogP contribution is -2.28. The number of nitrogens with zero attached hydrogens (tertiary/aromatic N) is 1. The standard InChI is InChI=1S/C18H14Cl2N2O2/c19-13-3-5-15(6-4-13)24-9-8-22-18(23)16-11-14(20)10-12-2-1-7-21-17(12)16/h1-7,10-11H,8-9H2,(H,22,23). The second kappa shape index (κ2) is 7.51. The van der Waals surface area contributed by atoms with E-state index in [0.717, 1.165) is 5.39 Å². The molecule has 4 nitrogen and oxygen atoms in total. The highest BCUT2D eigenvalue weighted by molar-refractivity contribution is 6.32. The molecule has 1 N–H and O–H groups in total. The summed E-state index contributed by atoms with van der Waals surface area (Å²) in [5.41, 5.74) is 1.07. The number of carbonyl (C=O) groups is 1. The molecule has 1 heterocycles. The van der Waals surface area contributed by atoms with E-state index in [1.54, 1.807) is 48.7 Å². The van der Waals surface area contributed by atoms with Gasteiger partial charge >= 0.3 is 0 Å². The Morgan fingerprint density at radius 1 is 1.08 bits per heavy atom. The number of carbonyl (C=O) groups excluding carboxylic acids is 1. The number of halogens is 2. The van der Waals surface area contributed by atoms with Gasteiger partial charge in [-0.25, -0.2) is 0 Å². The predicted octanol–water partition coefficient (Wildman–Crippen LogP) is 4.35. The van der Waals surface area contributed by atoms with Crippen LogP contribution in [0.15, 0.2) is 54.7 Å². The summed E-state index contributed by atoms with van der Waals surface area (Å²) in [6.07, 6.45) is 1.65. The quantitative estimate of drug-likeness (QED) is 0.688. The zero-order chi connectivity index (χ0) is 16.9. The van der Waals surface area contributed by atoms with E-state index in [9.17, 15) is 4.79 Å². The van der Waals surface area contributed by atoms with Crippen molar-refractivity contribution in [2.24, 2.45) is 0 Å². The molecule has 0 aliphatic rings. The molecule has 0 unspecified atom stereocenters. The molecule has 24 heavy (non-hydrogen) atoms. The number of benzene rings is 2. The summed E-state index contributed by atoms with van der Waals surface area (Å²) < 4.78 is 5.54. The maximum atomic E-state index is 12.4. The fourth-order valence-electron chi connectivity index (χ4n) is 2.29. The average Bonchev–Trinajstić information content (AvgIpc) is 2.59. The minimum Gasteiger partial charge on any atom is -0.492 e. The Bertz CT molecular complexity index is 867. The van der Waals surface area contributed by atoms with Gasteiger partial charge in [-0.15, -0.1) is 0 Å². The van der Waals surface area contributed by atoms with E-state index in [0.29, 0.717) is 40.0 Å². The van der Waals surface area contributed by atoms with Crippen molar-refractivity contribution in [3.8, 4) is 5.75 Å². The van der Waals surface area contributed by atoms with Gasteiger partial charge in [-0.05, 0) is 42.5 Å². The van der Waals surface area contributed by atoms with Crippen molar-refractivity contribution in [3.63, 3.8) is 0 Å². The molecule has 0 aliphatic carbocycles. The summed E-state index contributed by atoms with van der Waals surface area (Å²) in [4.78, 5) is 16.6. The summed E-state index contributed by atoms with van der Waals surface area (Å²) in [6, 6.07) is 14.1. The maximum Gasteiger partial charge on any atom is 0.253 e. The van der Waals surface area contributed by atoms with Crippen molar-refractivity contribution in [3.05, 3.63) is 70.3 Å². The Balaban J connectivity index is 1.62. The minimum atomic E-state index is -0.235. The first-order valence-corrected chi connectivity index (χ1v) is 8.10. The van der Waals surface area contributed by atoms with Crippen LogP contribution in [0.1, 0.15) is 10.4 Å².